The van der Waals surface area contributed by atoms with Gasteiger partial charge >= 0.3 is 0 Å². The molecule has 1 aromatic carbocycles. The van der Waals surface area contributed by atoms with Crippen molar-refractivity contribution < 1.29 is 14.3 Å². The van der Waals surface area contributed by atoms with E-state index in [0.29, 0.717) is 24.2 Å². The van der Waals surface area contributed by atoms with Crippen LogP contribution in [-0.2, 0) is 11.2 Å². The van der Waals surface area contributed by atoms with Crippen molar-refractivity contribution in [3.63, 3.8) is 0 Å². The van der Waals surface area contributed by atoms with Crippen LogP contribution < -0.4 is 19.9 Å². The van der Waals surface area contributed by atoms with E-state index in [0.717, 1.165) is 125 Å². The van der Waals surface area contributed by atoms with Crippen LogP contribution in [0.15, 0.2) is 40.8 Å². The molecule has 2 aliphatic rings. The Morgan fingerprint density at radius 3 is 1.42 bits per heavy atom. The molecule has 0 aromatic heterocycles. The van der Waals surface area contributed by atoms with Crippen molar-refractivity contribution in [2.24, 2.45) is 55.2 Å². The van der Waals surface area contributed by atoms with Crippen molar-refractivity contribution >= 4 is 22.6 Å². The maximum Gasteiger partial charge on any atom is 0.203 e. The Morgan fingerprint density at radius 2 is 1.00 bits per heavy atom. The number of benzene rings is 2. The van der Waals surface area contributed by atoms with Crippen LogP contribution in [0.1, 0.15) is 261 Å². The van der Waals surface area contributed by atoms with Gasteiger partial charge in [0.05, 0.1) is 6.07 Å². The Morgan fingerprint density at radius 1 is 0.569 bits per heavy atom. The molecule has 1 aliphatic carbocycles. The highest BCUT2D eigenvalue weighted by atomic mass is 16.4. The molecule has 0 radical (unpaired) electrons. The Kier molecular flexibility index (Phi) is 22.8. The number of carboxylic acid groups (broad SMARTS) is 1. The highest BCUT2D eigenvalue weighted by Gasteiger charge is 2.42. The molecule has 1 heterocycles. The summed E-state index contributed by atoms with van der Waals surface area (Å²) in [5, 5.41) is 15.7. The van der Waals surface area contributed by atoms with Gasteiger partial charge < -0.3 is 19.2 Å². The van der Waals surface area contributed by atoms with Gasteiger partial charge in [-0.2, -0.15) is 0 Å². The molecule has 72 heavy (non-hydrogen) atoms. The largest absolute Gasteiger partial charge is 0.550 e. The van der Waals surface area contributed by atoms with Crippen molar-refractivity contribution in [2.75, 3.05) is 31.1 Å². The number of fused-ring (bicyclic) bond motifs is 2. The quantitative estimate of drug-likeness (QED) is 0.0451. The number of hydrogen-bond donors (Lipinski definition) is 0. The van der Waals surface area contributed by atoms with Crippen LogP contribution in [0.5, 0.6) is 0 Å². The van der Waals surface area contributed by atoms with E-state index < -0.39 is 11.9 Å². The minimum absolute atomic E-state index is 0.00703. The van der Waals surface area contributed by atoms with Crippen molar-refractivity contribution in [1.29, 1.82) is 0 Å². The lowest BCUT2D eigenvalue weighted by Gasteiger charge is -2.47. The second-order valence-electron chi connectivity index (χ2n) is 30.3. The lowest BCUT2D eigenvalue weighted by Crippen LogP contribution is -2.38. The van der Waals surface area contributed by atoms with Gasteiger partial charge in [-0.3, -0.25) is 0 Å². The van der Waals surface area contributed by atoms with Gasteiger partial charge in [-0.15, -0.1) is 0 Å². The summed E-state index contributed by atoms with van der Waals surface area (Å²) < 4.78 is 9.46. The Bertz CT molecular complexity index is 2160. The molecule has 1 aromatic rings. The third-order valence-electron chi connectivity index (χ3n) is 16.5. The summed E-state index contributed by atoms with van der Waals surface area (Å²) in [5.74, 6) is -0.103. The fourth-order valence-electron chi connectivity index (χ4n) is 15.5. The summed E-state index contributed by atoms with van der Waals surface area (Å²) in [7, 11) is 0. The number of carbonyl (C=O) groups is 1. The standard InChI is InChI=1S/C67H116N2O3/c1-23-27-35-68(36-28-24-2)52-31-33-54-56(55-34-32-53(41-58(55)72-57(54)40-52)69(37-29-25-3)38-30-26-4)39-51(59(70)71)42-60(7,8)43-61(9,10)44-62(11,12)45-63(13,14)46-64(15,16)47-65(17,18)48-66(19,20)49-67(21,22)50(5)6/h31-34,40-41,50-51H,23-30,35-39,42-49H2,1-22H3. The smallest absolute Gasteiger partial charge is 0.203 e. The third kappa shape index (κ3) is 20.4. The number of unbranched alkanes of at least 4 members (excludes halogenated alkanes) is 4. The van der Waals surface area contributed by atoms with Crippen LogP contribution in [0.4, 0.5) is 5.69 Å². The first kappa shape index (κ1) is 63.5. The van der Waals surface area contributed by atoms with Crippen LogP contribution in [0.25, 0.3) is 22.3 Å². The molecule has 1 unspecified atom stereocenters. The van der Waals surface area contributed by atoms with Gasteiger partial charge in [-0.25, -0.2) is 4.58 Å². The summed E-state index contributed by atoms with van der Waals surface area (Å²) in [6.07, 6.45) is 18.1. The molecule has 0 spiro atoms. The van der Waals surface area contributed by atoms with Gasteiger partial charge in [0.1, 0.15) is 24.4 Å². The van der Waals surface area contributed by atoms with Gasteiger partial charge in [-0.05, 0) is 144 Å². The summed E-state index contributed by atoms with van der Waals surface area (Å²) in [6, 6.07) is 13.4. The minimum atomic E-state index is -0.956. The average Bonchev–Trinajstić information content (AvgIpc) is 3.19. The molecule has 5 nitrogen and oxygen atoms in total. The molecule has 0 N–H and O–H groups in total. The Labute approximate surface area is 445 Å². The van der Waals surface area contributed by atoms with E-state index in [4.69, 9.17) is 4.42 Å². The number of rotatable bonds is 33. The normalized spacial score (nSPS) is 14.2. The predicted molar refractivity (Wildman–Crippen MR) is 314 cm³/mol. The fourth-order valence-corrected chi connectivity index (χ4v) is 15.5. The van der Waals surface area contributed by atoms with Crippen LogP contribution in [0.2, 0.25) is 0 Å². The van der Waals surface area contributed by atoms with E-state index in [1.165, 1.54) is 36.7 Å². The third-order valence-corrected chi connectivity index (χ3v) is 16.5. The summed E-state index contributed by atoms with van der Waals surface area (Å²) >= 11 is 0. The van der Waals surface area contributed by atoms with E-state index in [-0.39, 0.29) is 37.9 Å². The fraction of sp³-hybridized carbons (Fsp3) is 0.791. The molecule has 1 atom stereocenters. The summed E-state index contributed by atoms with van der Waals surface area (Å²) in [6.45, 7) is 57.3. The van der Waals surface area contributed by atoms with Crippen LogP contribution in [-0.4, -0.2) is 32.1 Å². The predicted octanol–water partition coefficient (Wildman–Crippen LogP) is 18.2. The molecule has 412 valence electrons. The van der Waals surface area contributed by atoms with E-state index >= 15 is 0 Å². The summed E-state index contributed by atoms with van der Waals surface area (Å²) in [4.78, 5) is 16.0. The zero-order valence-corrected chi connectivity index (χ0v) is 51.6. The lowest BCUT2D eigenvalue weighted by molar-refractivity contribution is -0.312. The van der Waals surface area contributed by atoms with Crippen LogP contribution in [0.3, 0.4) is 0 Å². The molecule has 0 bridgehead atoms. The lowest BCUT2D eigenvalue weighted by atomic mass is 9.58. The number of carboxylic acids is 1. The monoisotopic (exact) mass is 997 g/mol. The average molecular weight is 998 g/mol. The number of hydrogen-bond acceptors (Lipinski definition) is 4. The van der Waals surface area contributed by atoms with E-state index in [1.54, 1.807) is 0 Å². The molecule has 0 amide bonds. The van der Waals surface area contributed by atoms with Crippen molar-refractivity contribution in [2.45, 2.75) is 261 Å². The van der Waals surface area contributed by atoms with E-state index in [9.17, 15) is 9.90 Å². The zero-order valence-electron chi connectivity index (χ0n) is 51.6. The number of nitrogens with zero attached hydrogens (tertiary/aromatic N) is 2. The number of anilines is 1. The molecule has 5 heteroatoms. The first-order valence-corrected chi connectivity index (χ1v) is 29.5. The van der Waals surface area contributed by atoms with Crippen molar-refractivity contribution in [3.05, 3.63) is 47.3 Å². The van der Waals surface area contributed by atoms with Gasteiger partial charge in [-0.1, -0.05) is 178 Å². The summed E-state index contributed by atoms with van der Waals surface area (Å²) in [5.41, 5.74) is 5.22. The topological polar surface area (TPSA) is 59.5 Å². The van der Waals surface area contributed by atoms with E-state index in [2.05, 4.69) is 198 Å². The second-order valence-corrected chi connectivity index (χ2v) is 30.3. The highest BCUT2D eigenvalue weighted by molar-refractivity contribution is 5.90. The van der Waals surface area contributed by atoms with Gasteiger partial charge in [0.2, 0.25) is 5.36 Å². The van der Waals surface area contributed by atoms with Gasteiger partial charge in [0.25, 0.3) is 0 Å². The molecule has 0 saturated carbocycles. The van der Waals surface area contributed by atoms with Crippen LogP contribution in [0, 0.1) is 55.2 Å². The Balaban J connectivity index is 1.94. The molecule has 1 aliphatic heterocycles. The maximum absolute atomic E-state index is 13.5. The number of aliphatic carboxylic acids is 1. The van der Waals surface area contributed by atoms with Crippen LogP contribution >= 0.6 is 0 Å². The highest BCUT2D eigenvalue weighted by Crippen LogP contribution is 2.54. The Hall–Kier alpha value is -2.82. The van der Waals surface area contributed by atoms with Gasteiger partial charge in [0, 0.05) is 66.6 Å². The van der Waals surface area contributed by atoms with Crippen molar-refractivity contribution in [3.8, 4) is 11.3 Å². The second kappa shape index (κ2) is 25.8. The number of carbonyl (C=O) groups excluding carboxylic acids is 1. The first-order valence-electron chi connectivity index (χ1n) is 29.5. The molecular weight excluding hydrogens is 881 g/mol. The SMILES string of the molecule is CCCCN(CCCC)c1ccc2c(CC(CC(C)(C)CC(C)(C)CC(C)(C)CC(C)(C)CC(C)(C)CC(C)(C)CC(C)(C)CC(C)(C)C(C)C)C(=O)[O-])c3ccc(=[N+](CCCC)CCCC)cc-3oc2c1. The van der Waals surface area contributed by atoms with Crippen molar-refractivity contribution in [1.82, 2.24) is 4.58 Å². The minimum Gasteiger partial charge on any atom is -0.550 e. The first-order chi connectivity index (χ1) is 33.0. The molecule has 0 fully saturated rings. The van der Waals surface area contributed by atoms with Gasteiger partial charge in [0.15, 0.2) is 0 Å². The maximum atomic E-state index is 13.5. The molecule has 3 rings (SSSR count). The zero-order chi connectivity index (χ0) is 54.7. The molecular formula is C67H116N2O3. The van der Waals surface area contributed by atoms with E-state index in [1.807, 2.05) is 0 Å². The molecule has 0 saturated heterocycles.